The lowest BCUT2D eigenvalue weighted by Crippen LogP contribution is -2.49. The number of aliphatic carboxylic acids is 1. The van der Waals surface area contributed by atoms with E-state index in [0.29, 0.717) is 4.31 Å². The summed E-state index contributed by atoms with van der Waals surface area (Å²) in [6.07, 6.45) is -5.32. The average Bonchev–Trinajstić information content (AvgIpc) is 2.86. The number of halogens is 3. The Morgan fingerprint density at radius 2 is 1.86 bits per heavy atom. The van der Waals surface area contributed by atoms with Crippen LogP contribution in [0.4, 0.5) is 13.2 Å². The van der Waals surface area contributed by atoms with Gasteiger partial charge in [0.25, 0.3) is 0 Å². The van der Waals surface area contributed by atoms with E-state index in [0.717, 1.165) is 0 Å². The normalized spacial score (nSPS) is 29.7. The van der Waals surface area contributed by atoms with Crippen LogP contribution in [0.2, 0.25) is 0 Å². The van der Waals surface area contributed by atoms with E-state index in [1.165, 1.54) is 0 Å². The Bertz CT molecular complexity index is 514. The van der Waals surface area contributed by atoms with Gasteiger partial charge in [0.2, 0.25) is 10.0 Å². The first-order valence-electron chi connectivity index (χ1n) is 6.48. The fourth-order valence-corrected chi connectivity index (χ4v) is 4.66. The lowest BCUT2D eigenvalue weighted by atomic mass is 9.86. The van der Waals surface area contributed by atoms with Crippen molar-refractivity contribution in [3.63, 3.8) is 0 Å². The van der Waals surface area contributed by atoms with E-state index in [9.17, 15) is 26.4 Å². The van der Waals surface area contributed by atoms with Gasteiger partial charge in [-0.3, -0.25) is 4.79 Å². The average molecular weight is 331 g/mol. The van der Waals surface area contributed by atoms with Crippen molar-refractivity contribution in [1.82, 2.24) is 4.31 Å². The van der Waals surface area contributed by atoms with Crippen LogP contribution in [0, 0.1) is 5.41 Å². The minimum absolute atomic E-state index is 0.213. The highest BCUT2D eigenvalue weighted by molar-refractivity contribution is 7.89. The first-order valence-corrected chi connectivity index (χ1v) is 7.98. The quantitative estimate of drug-likeness (QED) is 0.828. The van der Waals surface area contributed by atoms with Gasteiger partial charge < -0.3 is 9.84 Å². The topological polar surface area (TPSA) is 83.9 Å². The smallest absolute Gasteiger partial charge is 0.406 e. The molecule has 1 atom stereocenters. The lowest BCUT2D eigenvalue weighted by molar-refractivity contribution is -0.226. The van der Waals surface area contributed by atoms with Crippen LogP contribution in [0.25, 0.3) is 0 Å². The Morgan fingerprint density at radius 1 is 1.29 bits per heavy atom. The standard InChI is InChI=1S/C11H16F3NO5S/c12-11(13,14)10(9(16)17)3-4-15(7-10)21(18,19)8-1-5-20-6-2-8/h8H,1-7H2,(H,16,17). The van der Waals surface area contributed by atoms with Gasteiger partial charge in [-0.2, -0.15) is 13.2 Å². The van der Waals surface area contributed by atoms with E-state index in [-0.39, 0.29) is 26.1 Å². The molecule has 1 N–H and O–H groups in total. The van der Waals surface area contributed by atoms with Crippen molar-refractivity contribution in [3.05, 3.63) is 0 Å². The van der Waals surface area contributed by atoms with Crippen molar-refractivity contribution in [1.29, 1.82) is 0 Å². The number of carboxylic acids is 1. The Hall–Kier alpha value is -0.870. The molecule has 2 saturated heterocycles. The molecule has 0 aliphatic carbocycles. The molecule has 2 rings (SSSR count). The summed E-state index contributed by atoms with van der Waals surface area (Å²) in [4.78, 5) is 11.1. The number of hydrogen-bond acceptors (Lipinski definition) is 4. The molecule has 21 heavy (non-hydrogen) atoms. The van der Waals surface area contributed by atoms with Gasteiger partial charge in [0, 0.05) is 26.3 Å². The molecular formula is C11H16F3NO5S. The maximum Gasteiger partial charge on any atom is 0.406 e. The highest BCUT2D eigenvalue weighted by atomic mass is 32.2. The van der Waals surface area contributed by atoms with Crippen LogP contribution in [0.3, 0.4) is 0 Å². The third kappa shape index (κ3) is 2.76. The molecule has 2 aliphatic rings. The minimum Gasteiger partial charge on any atom is -0.481 e. The molecule has 0 bridgehead atoms. The third-order valence-corrected chi connectivity index (χ3v) is 6.48. The van der Waals surface area contributed by atoms with E-state index >= 15 is 0 Å². The maximum absolute atomic E-state index is 13.0. The summed E-state index contributed by atoms with van der Waals surface area (Å²) in [5.74, 6) is -2.03. The molecule has 0 aromatic heterocycles. The summed E-state index contributed by atoms with van der Waals surface area (Å²) in [7, 11) is -3.94. The molecular weight excluding hydrogens is 315 g/mol. The molecule has 0 aromatic rings. The molecule has 6 nitrogen and oxygen atoms in total. The van der Waals surface area contributed by atoms with Gasteiger partial charge in [-0.25, -0.2) is 12.7 Å². The van der Waals surface area contributed by atoms with Gasteiger partial charge in [-0.15, -0.1) is 0 Å². The van der Waals surface area contributed by atoms with Crippen molar-refractivity contribution < 1.29 is 36.2 Å². The predicted octanol–water partition coefficient (Wildman–Crippen LogP) is 0.834. The summed E-state index contributed by atoms with van der Waals surface area (Å²) in [5.41, 5.74) is -3.01. The summed E-state index contributed by atoms with van der Waals surface area (Å²) in [5, 5.41) is 8.13. The van der Waals surface area contributed by atoms with Crippen LogP contribution in [0.1, 0.15) is 19.3 Å². The zero-order valence-electron chi connectivity index (χ0n) is 11.1. The first-order chi connectivity index (χ1) is 9.61. The number of nitrogens with zero attached hydrogens (tertiary/aromatic N) is 1. The fourth-order valence-electron chi connectivity index (χ4n) is 2.70. The maximum atomic E-state index is 13.0. The number of carboxylic acid groups (broad SMARTS) is 1. The molecule has 0 amide bonds. The zero-order valence-corrected chi connectivity index (χ0v) is 11.9. The second-order valence-electron chi connectivity index (χ2n) is 5.33. The molecule has 0 radical (unpaired) electrons. The Balaban J connectivity index is 2.22. The fraction of sp³-hybridized carbons (Fsp3) is 0.909. The van der Waals surface area contributed by atoms with Gasteiger partial charge >= 0.3 is 12.1 Å². The van der Waals surface area contributed by atoms with Crippen LogP contribution < -0.4 is 0 Å². The summed E-state index contributed by atoms with van der Waals surface area (Å²) in [6, 6.07) is 0. The number of ether oxygens (including phenoxy) is 1. The van der Waals surface area contributed by atoms with Gasteiger partial charge in [0.05, 0.1) is 5.25 Å². The van der Waals surface area contributed by atoms with Gasteiger partial charge in [0.1, 0.15) is 0 Å². The number of alkyl halides is 3. The predicted molar refractivity (Wildman–Crippen MR) is 65.1 cm³/mol. The molecule has 0 spiro atoms. The second-order valence-corrected chi connectivity index (χ2v) is 7.54. The molecule has 2 fully saturated rings. The van der Waals surface area contributed by atoms with Crippen LogP contribution in [0.15, 0.2) is 0 Å². The molecule has 2 aliphatic heterocycles. The molecule has 2 heterocycles. The SMILES string of the molecule is O=C(O)C1(C(F)(F)F)CCN(S(=O)(=O)C2CCOCC2)C1. The van der Waals surface area contributed by atoms with Crippen LogP contribution >= 0.6 is 0 Å². The van der Waals surface area contributed by atoms with Crippen LogP contribution in [0.5, 0.6) is 0 Å². The number of carbonyl (C=O) groups is 1. The lowest BCUT2D eigenvalue weighted by Gasteiger charge is -2.29. The van der Waals surface area contributed by atoms with Crippen molar-refractivity contribution in [2.24, 2.45) is 5.41 Å². The summed E-state index contributed by atoms with van der Waals surface area (Å²) in [6.45, 7) is -1.00. The number of hydrogen-bond donors (Lipinski definition) is 1. The van der Waals surface area contributed by atoms with Crippen molar-refractivity contribution in [2.75, 3.05) is 26.3 Å². The van der Waals surface area contributed by atoms with Crippen molar-refractivity contribution >= 4 is 16.0 Å². The Morgan fingerprint density at radius 3 is 2.29 bits per heavy atom. The molecule has 0 saturated carbocycles. The Labute approximate surface area is 119 Å². The summed E-state index contributed by atoms with van der Waals surface area (Å²) < 4.78 is 69.5. The van der Waals surface area contributed by atoms with Crippen LogP contribution in [-0.4, -0.2) is 61.5 Å². The van der Waals surface area contributed by atoms with E-state index in [1.807, 2.05) is 0 Å². The van der Waals surface area contributed by atoms with Crippen molar-refractivity contribution in [2.45, 2.75) is 30.7 Å². The highest BCUT2D eigenvalue weighted by Crippen LogP contribution is 2.46. The van der Waals surface area contributed by atoms with Gasteiger partial charge in [-0.1, -0.05) is 0 Å². The van der Waals surface area contributed by atoms with Crippen LogP contribution in [-0.2, 0) is 19.6 Å². The first kappa shape index (κ1) is 16.5. The molecule has 0 aromatic carbocycles. The van der Waals surface area contributed by atoms with Crippen molar-refractivity contribution in [3.8, 4) is 0 Å². The summed E-state index contributed by atoms with van der Waals surface area (Å²) >= 11 is 0. The van der Waals surface area contributed by atoms with E-state index in [2.05, 4.69) is 0 Å². The monoisotopic (exact) mass is 331 g/mol. The number of sulfonamides is 1. The highest BCUT2D eigenvalue weighted by Gasteiger charge is 2.65. The molecule has 10 heteroatoms. The minimum atomic E-state index is -4.99. The van der Waals surface area contributed by atoms with Gasteiger partial charge in [0.15, 0.2) is 5.41 Å². The van der Waals surface area contributed by atoms with E-state index < -0.39 is 52.3 Å². The van der Waals surface area contributed by atoms with Gasteiger partial charge in [-0.05, 0) is 19.3 Å². The largest absolute Gasteiger partial charge is 0.481 e. The zero-order chi connectivity index (χ0) is 15.9. The second kappa shape index (κ2) is 5.40. The number of rotatable bonds is 3. The third-order valence-electron chi connectivity index (χ3n) is 4.14. The molecule has 122 valence electrons. The Kier molecular flexibility index (Phi) is 4.24. The van der Waals surface area contributed by atoms with E-state index in [1.54, 1.807) is 0 Å². The van der Waals surface area contributed by atoms with E-state index in [4.69, 9.17) is 9.84 Å². The molecule has 1 unspecified atom stereocenters.